The molecule has 0 aliphatic carbocycles. The van der Waals surface area contributed by atoms with Gasteiger partial charge in [0.1, 0.15) is 11.6 Å². The highest BCUT2D eigenvalue weighted by atomic mass is 16.5. The summed E-state index contributed by atoms with van der Waals surface area (Å²) >= 11 is 0. The second-order valence-corrected chi connectivity index (χ2v) is 7.21. The van der Waals surface area contributed by atoms with Crippen molar-refractivity contribution in [3.8, 4) is 11.4 Å². The van der Waals surface area contributed by atoms with Gasteiger partial charge in [0, 0.05) is 56.8 Å². The molecule has 0 N–H and O–H groups in total. The Morgan fingerprint density at radius 2 is 1.86 bits per heavy atom. The van der Waals surface area contributed by atoms with Crippen LogP contribution in [-0.2, 0) is 11.2 Å². The highest BCUT2D eigenvalue weighted by Crippen LogP contribution is 2.20. The Morgan fingerprint density at radius 3 is 2.45 bits per heavy atom. The number of aromatic nitrogens is 4. The first kappa shape index (κ1) is 19.1. The summed E-state index contributed by atoms with van der Waals surface area (Å²) in [7, 11) is 0. The van der Waals surface area contributed by atoms with E-state index in [-0.39, 0.29) is 5.91 Å². The monoisotopic (exact) mass is 396 g/mol. The fraction of sp³-hybridized carbons (Fsp3) is 0.450. The van der Waals surface area contributed by atoms with Crippen LogP contribution in [0.2, 0.25) is 0 Å². The minimum atomic E-state index is 0.167. The first-order valence-electron chi connectivity index (χ1n) is 9.72. The molecule has 9 nitrogen and oxygen atoms in total. The van der Waals surface area contributed by atoms with Gasteiger partial charge < -0.3 is 18.8 Å². The van der Waals surface area contributed by atoms with E-state index < -0.39 is 0 Å². The summed E-state index contributed by atoms with van der Waals surface area (Å²) in [6.07, 6.45) is 2.89. The van der Waals surface area contributed by atoms with Crippen molar-refractivity contribution in [2.75, 3.05) is 31.1 Å². The van der Waals surface area contributed by atoms with Crippen LogP contribution in [0, 0.1) is 20.8 Å². The van der Waals surface area contributed by atoms with Crippen LogP contribution in [0.3, 0.4) is 0 Å². The number of hydrogen-bond acceptors (Lipinski definition) is 8. The Labute approximate surface area is 168 Å². The van der Waals surface area contributed by atoms with E-state index >= 15 is 0 Å². The zero-order valence-corrected chi connectivity index (χ0v) is 16.9. The molecule has 4 rings (SSSR count). The standard InChI is InChI=1S/C20H24N6O3/c1-13-17(14(2)28-23-13)5-7-19(27)26-10-8-25(9-11-26)18-6-4-16(12-21-18)20-22-15(3)29-24-20/h4,6,12H,5,7-11H2,1-3H3. The molecule has 152 valence electrons. The smallest absolute Gasteiger partial charge is 0.223 e. The first-order chi connectivity index (χ1) is 14.0. The lowest BCUT2D eigenvalue weighted by molar-refractivity contribution is -0.131. The van der Waals surface area contributed by atoms with Crippen LogP contribution in [0.4, 0.5) is 5.82 Å². The van der Waals surface area contributed by atoms with E-state index in [1.807, 2.05) is 30.9 Å². The number of piperazine rings is 1. The summed E-state index contributed by atoms with van der Waals surface area (Å²) in [6, 6.07) is 3.89. The van der Waals surface area contributed by atoms with Gasteiger partial charge in [-0.25, -0.2) is 4.98 Å². The number of nitrogens with zero attached hydrogens (tertiary/aromatic N) is 6. The van der Waals surface area contributed by atoms with E-state index in [1.54, 1.807) is 13.1 Å². The first-order valence-corrected chi connectivity index (χ1v) is 9.72. The van der Waals surface area contributed by atoms with Crippen molar-refractivity contribution in [1.82, 2.24) is 25.2 Å². The van der Waals surface area contributed by atoms with E-state index in [1.165, 1.54) is 0 Å². The molecule has 0 bridgehead atoms. The van der Waals surface area contributed by atoms with Crippen LogP contribution < -0.4 is 4.90 Å². The second-order valence-electron chi connectivity index (χ2n) is 7.21. The number of pyridine rings is 1. The van der Waals surface area contributed by atoms with Crippen LogP contribution in [0.1, 0.15) is 29.3 Å². The maximum absolute atomic E-state index is 12.6. The highest BCUT2D eigenvalue weighted by molar-refractivity contribution is 5.76. The van der Waals surface area contributed by atoms with Gasteiger partial charge in [-0.2, -0.15) is 4.98 Å². The van der Waals surface area contributed by atoms with Crippen molar-refractivity contribution < 1.29 is 13.8 Å². The number of amides is 1. The van der Waals surface area contributed by atoms with Crippen LogP contribution in [0.5, 0.6) is 0 Å². The second kappa shape index (κ2) is 8.02. The molecule has 0 radical (unpaired) electrons. The molecule has 1 fully saturated rings. The van der Waals surface area contributed by atoms with Gasteiger partial charge in [0.05, 0.1) is 5.69 Å². The van der Waals surface area contributed by atoms with Crippen LogP contribution in [0.25, 0.3) is 11.4 Å². The lowest BCUT2D eigenvalue weighted by Gasteiger charge is -2.35. The zero-order valence-electron chi connectivity index (χ0n) is 16.9. The Kier molecular flexibility index (Phi) is 5.28. The minimum absolute atomic E-state index is 0.167. The number of carbonyl (C=O) groups is 1. The molecule has 1 aliphatic heterocycles. The molecule has 0 saturated carbocycles. The summed E-state index contributed by atoms with van der Waals surface area (Å²) in [5.74, 6) is 2.91. The topological polar surface area (TPSA) is 101 Å². The lowest BCUT2D eigenvalue weighted by atomic mass is 10.1. The summed E-state index contributed by atoms with van der Waals surface area (Å²) in [4.78, 5) is 25.4. The van der Waals surface area contributed by atoms with Crippen molar-refractivity contribution in [2.24, 2.45) is 0 Å². The van der Waals surface area contributed by atoms with Crippen LogP contribution >= 0.6 is 0 Å². The van der Waals surface area contributed by atoms with E-state index in [0.717, 1.165) is 41.5 Å². The molecular weight excluding hydrogens is 372 g/mol. The Balaban J connectivity index is 1.30. The van der Waals surface area contributed by atoms with E-state index in [2.05, 4.69) is 25.2 Å². The van der Waals surface area contributed by atoms with Gasteiger partial charge in [-0.1, -0.05) is 10.3 Å². The number of aryl methyl sites for hydroxylation is 3. The average Bonchev–Trinajstić information content (AvgIpc) is 3.32. The molecule has 0 atom stereocenters. The number of anilines is 1. The Morgan fingerprint density at radius 1 is 1.07 bits per heavy atom. The molecule has 0 spiro atoms. The predicted octanol–water partition coefficient (Wildman–Crippen LogP) is 2.33. The maximum Gasteiger partial charge on any atom is 0.223 e. The zero-order chi connectivity index (χ0) is 20.4. The normalized spacial score (nSPS) is 14.4. The van der Waals surface area contributed by atoms with Gasteiger partial charge in [-0.05, 0) is 32.4 Å². The quantitative estimate of drug-likeness (QED) is 0.648. The molecule has 3 aromatic rings. The number of hydrogen-bond donors (Lipinski definition) is 0. The molecule has 1 saturated heterocycles. The molecule has 9 heteroatoms. The van der Waals surface area contributed by atoms with Crippen molar-refractivity contribution >= 4 is 11.7 Å². The van der Waals surface area contributed by atoms with Crippen LogP contribution in [-0.4, -0.2) is 57.3 Å². The number of rotatable bonds is 5. The fourth-order valence-corrected chi connectivity index (χ4v) is 3.56. The highest BCUT2D eigenvalue weighted by Gasteiger charge is 2.22. The third-order valence-electron chi connectivity index (χ3n) is 5.26. The summed E-state index contributed by atoms with van der Waals surface area (Å²) in [5, 5.41) is 7.86. The Bertz CT molecular complexity index is 967. The maximum atomic E-state index is 12.6. The summed E-state index contributed by atoms with van der Waals surface area (Å²) in [6.45, 7) is 8.44. The van der Waals surface area contributed by atoms with Gasteiger partial charge in [0.25, 0.3) is 0 Å². The van der Waals surface area contributed by atoms with Crippen molar-refractivity contribution in [3.05, 3.63) is 41.2 Å². The molecular formula is C20H24N6O3. The van der Waals surface area contributed by atoms with E-state index in [4.69, 9.17) is 9.05 Å². The average molecular weight is 396 g/mol. The summed E-state index contributed by atoms with van der Waals surface area (Å²) in [5.41, 5.74) is 2.72. The van der Waals surface area contributed by atoms with E-state index in [9.17, 15) is 4.79 Å². The van der Waals surface area contributed by atoms with Crippen molar-refractivity contribution in [1.29, 1.82) is 0 Å². The van der Waals surface area contributed by atoms with Gasteiger partial charge in [0.2, 0.25) is 17.6 Å². The Hall–Kier alpha value is -3.23. The molecule has 1 aliphatic rings. The molecule has 4 heterocycles. The SMILES string of the molecule is Cc1nc(-c2ccc(N3CCN(C(=O)CCc4c(C)noc4C)CC3)nc2)no1. The largest absolute Gasteiger partial charge is 0.361 e. The third kappa shape index (κ3) is 4.13. The number of carbonyl (C=O) groups excluding carboxylic acids is 1. The van der Waals surface area contributed by atoms with Gasteiger partial charge >= 0.3 is 0 Å². The van der Waals surface area contributed by atoms with E-state index in [0.29, 0.717) is 37.6 Å². The molecule has 0 unspecified atom stereocenters. The minimum Gasteiger partial charge on any atom is -0.361 e. The molecule has 1 amide bonds. The fourth-order valence-electron chi connectivity index (χ4n) is 3.56. The van der Waals surface area contributed by atoms with Crippen LogP contribution in [0.15, 0.2) is 27.4 Å². The third-order valence-corrected chi connectivity index (χ3v) is 5.26. The van der Waals surface area contributed by atoms with Gasteiger partial charge in [-0.3, -0.25) is 4.79 Å². The van der Waals surface area contributed by atoms with Gasteiger partial charge in [-0.15, -0.1) is 0 Å². The molecule has 3 aromatic heterocycles. The molecule has 0 aromatic carbocycles. The summed E-state index contributed by atoms with van der Waals surface area (Å²) < 4.78 is 10.2. The van der Waals surface area contributed by atoms with Crippen molar-refractivity contribution in [3.63, 3.8) is 0 Å². The predicted molar refractivity (Wildman–Crippen MR) is 105 cm³/mol. The molecule has 29 heavy (non-hydrogen) atoms. The lowest BCUT2D eigenvalue weighted by Crippen LogP contribution is -2.49. The van der Waals surface area contributed by atoms with Crippen molar-refractivity contribution in [2.45, 2.75) is 33.6 Å². The van der Waals surface area contributed by atoms with Gasteiger partial charge in [0.15, 0.2) is 0 Å².